The molecule has 1 nitrogen and oxygen atoms in total. The van der Waals surface area contributed by atoms with Gasteiger partial charge in [-0.3, -0.25) is 0 Å². The van der Waals surface area contributed by atoms with Gasteiger partial charge in [0.05, 0.1) is 6.10 Å². The third-order valence-electron chi connectivity index (χ3n) is 5.46. The highest BCUT2D eigenvalue weighted by atomic mass is 16.3. The number of allylic oxidation sites excluding steroid dienone is 2. The Balaban J connectivity index is 2.11. The molecule has 2 saturated carbocycles. The second-order valence-electron chi connectivity index (χ2n) is 6.10. The Kier molecular flexibility index (Phi) is 1.56. The quantitative estimate of drug-likeness (QED) is 0.585. The van der Waals surface area contributed by atoms with Crippen molar-refractivity contribution in [1.29, 1.82) is 0 Å². The Morgan fingerprint density at radius 2 is 1.57 bits per heavy atom. The second-order valence-corrected chi connectivity index (χ2v) is 6.10. The summed E-state index contributed by atoms with van der Waals surface area (Å²) in [7, 11) is 0. The first-order valence-corrected chi connectivity index (χ1v) is 5.94. The molecule has 5 atom stereocenters. The van der Waals surface area contributed by atoms with Crippen molar-refractivity contribution in [2.24, 2.45) is 22.7 Å². The van der Waals surface area contributed by atoms with Crippen LogP contribution in [0.4, 0.5) is 0 Å². The summed E-state index contributed by atoms with van der Waals surface area (Å²) < 4.78 is 0. The van der Waals surface area contributed by atoms with Gasteiger partial charge < -0.3 is 5.11 Å². The largest absolute Gasteiger partial charge is 0.392 e. The van der Waals surface area contributed by atoms with E-state index in [1.807, 2.05) is 0 Å². The van der Waals surface area contributed by atoms with Gasteiger partial charge in [0.2, 0.25) is 0 Å². The fraction of sp³-hybridized carbons (Fsp3) is 0.846. The third-order valence-corrected chi connectivity index (χ3v) is 5.46. The van der Waals surface area contributed by atoms with Crippen LogP contribution in [0.25, 0.3) is 0 Å². The normalized spacial score (nSPS) is 60.4. The average Bonchev–Trinajstić information content (AvgIpc) is 2.61. The van der Waals surface area contributed by atoms with Gasteiger partial charge in [-0.15, -0.1) is 0 Å². The van der Waals surface area contributed by atoms with Crippen LogP contribution in [-0.4, -0.2) is 11.2 Å². The molecule has 1 heteroatoms. The van der Waals surface area contributed by atoms with E-state index < -0.39 is 0 Å². The van der Waals surface area contributed by atoms with Crippen molar-refractivity contribution in [2.75, 3.05) is 0 Å². The first-order chi connectivity index (χ1) is 6.57. The Hall–Kier alpha value is -0.300. The number of aliphatic hydroxyl groups is 1. The fourth-order valence-electron chi connectivity index (χ4n) is 4.33. The van der Waals surface area contributed by atoms with Crippen LogP contribution in [0.15, 0.2) is 12.2 Å². The van der Waals surface area contributed by atoms with E-state index in [4.69, 9.17) is 0 Å². The maximum absolute atomic E-state index is 10.5. The second kappa shape index (κ2) is 2.44. The van der Waals surface area contributed by atoms with Gasteiger partial charge in [0.1, 0.15) is 0 Å². The molecule has 3 rings (SSSR count). The highest BCUT2D eigenvalue weighted by Crippen LogP contribution is 2.63. The van der Waals surface area contributed by atoms with Crippen molar-refractivity contribution < 1.29 is 5.11 Å². The van der Waals surface area contributed by atoms with Gasteiger partial charge in [-0.25, -0.2) is 0 Å². The van der Waals surface area contributed by atoms with Crippen molar-refractivity contribution in [1.82, 2.24) is 0 Å². The summed E-state index contributed by atoms with van der Waals surface area (Å²) >= 11 is 0. The highest BCUT2D eigenvalue weighted by Gasteiger charge is 2.59. The number of fused-ring (bicyclic) bond motifs is 6. The first-order valence-electron chi connectivity index (χ1n) is 5.94. The van der Waals surface area contributed by atoms with Crippen LogP contribution in [0.2, 0.25) is 0 Å². The molecule has 1 N–H and O–H groups in total. The Bertz CT molecular complexity index is 270. The minimum absolute atomic E-state index is 0.0810. The molecule has 14 heavy (non-hydrogen) atoms. The molecule has 1 unspecified atom stereocenters. The Labute approximate surface area is 86.2 Å². The van der Waals surface area contributed by atoms with E-state index in [0.29, 0.717) is 11.8 Å². The van der Waals surface area contributed by atoms with Crippen LogP contribution < -0.4 is 0 Å². The van der Waals surface area contributed by atoms with Crippen molar-refractivity contribution in [3.05, 3.63) is 12.2 Å². The van der Waals surface area contributed by atoms with Crippen LogP contribution in [0.3, 0.4) is 0 Å². The van der Waals surface area contributed by atoms with Gasteiger partial charge >= 0.3 is 0 Å². The number of rotatable bonds is 0. The van der Waals surface area contributed by atoms with Gasteiger partial charge in [-0.2, -0.15) is 0 Å². The summed E-state index contributed by atoms with van der Waals surface area (Å²) in [6.07, 6.45) is 9.71. The van der Waals surface area contributed by atoms with E-state index in [0.717, 1.165) is 0 Å². The lowest BCUT2D eigenvalue weighted by molar-refractivity contribution is -0.156. The highest BCUT2D eigenvalue weighted by molar-refractivity contribution is 5.21. The zero-order valence-corrected chi connectivity index (χ0v) is 9.16. The lowest BCUT2D eigenvalue weighted by Gasteiger charge is -2.57. The Morgan fingerprint density at radius 1 is 1.07 bits per heavy atom. The van der Waals surface area contributed by atoms with Crippen LogP contribution >= 0.6 is 0 Å². The number of hydrogen-bond donors (Lipinski definition) is 1. The smallest absolute Gasteiger partial charge is 0.0658 e. The Morgan fingerprint density at radius 3 is 2.07 bits per heavy atom. The number of aliphatic hydroxyl groups excluding tert-OH is 1. The van der Waals surface area contributed by atoms with Gasteiger partial charge in [0.25, 0.3) is 0 Å². The minimum Gasteiger partial charge on any atom is -0.392 e. The van der Waals surface area contributed by atoms with E-state index in [9.17, 15) is 5.11 Å². The van der Waals surface area contributed by atoms with Crippen LogP contribution in [0.5, 0.6) is 0 Å². The number of hydrogen-bond acceptors (Lipinski definition) is 1. The van der Waals surface area contributed by atoms with E-state index in [-0.39, 0.29) is 16.9 Å². The molecule has 4 bridgehead atoms. The van der Waals surface area contributed by atoms with Crippen molar-refractivity contribution in [3.63, 3.8) is 0 Å². The monoisotopic (exact) mass is 192 g/mol. The predicted octanol–water partition coefficient (Wildman–Crippen LogP) is 2.75. The van der Waals surface area contributed by atoms with Crippen LogP contribution in [0.1, 0.15) is 39.5 Å². The summed E-state index contributed by atoms with van der Waals surface area (Å²) in [5.41, 5.74) is 0.354. The molecule has 0 aromatic carbocycles. The van der Waals surface area contributed by atoms with E-state index >= 15 is 0 Å². The molecule has 0 spiro atoms. The maximum Gasteiger partial charge on any atom is 0.0658 e. The standard InChI is InChI=1S/C13H20O/c1-12-6-3-7-13(2,11(12)14)10-5-4-9(12)8-10/h4-5,9-11,14H,3,6-8H2,1-2H3/t9-,10+,11?,12+,13-. The lowest BCUT2D eigenvalue weighted by atomic mass is 9.49. The van der Waals surface area contributed by atoms with Gasteiger partial charge in [-0.05, 0) is 31.1 Å². The minimum atomic E-state index is -0.0810. The van der Waals surface area contributed by atoms with E-state index in [2.05, 4.69) is 26.0 Å². The summed E-state index contributed by atoms with van der Waals surface area (Å²) in [6.45, 7) is 4.59. The van der Waals surface area contributed by atoms with Crippen molar-refractivity contribution in [2.45, 2.75) is 45.6 Å². The van der Waals surface area contributed by atoms with Crippen LogP contribution in [-0.2, 0) is 0 Å². The first kappa shape index (κ1) is 8.96. The molecular formula is C13H20O. The molecule has 0 saturated heterocycles. The summed E-state index contributed by atoms with van der Waals surface area (Å²) in [5.74, 6) is 1.30. The lowest BCUT2D eigenvalue weighted by Crippen LogP contribution is -2.57. The molecule has 0 heterocycles. The zero-order valence-electron chi connectivity index (χ0n) is 9.16. The summed E-state index contributed by atoms with van der Waals surface area (Å²) in [5, 5.41) is 10.5. The van der Waals surface area contributed by atoms with Gasteiger partial charge in [0.15, 0.2) is 0 Å². The predicted molar refractivity (Wildman–Crippen MR) is 56.8 cm³/mol. The molecule has 3 aliphatic carbocycles. The molecule has 0 aliphatic heterocycles. The van der Waals surface area contributed by atoms with Crippen LogP contribution in [0, 0.1) is 22.7 Å². The van der Waals surface area contributed by atoms with Gasteiger partial charge in [-0.1, -0.05) is 32.4 Å². The maximum atomic E-state index is 10.5. The zero-order chi connectivity index (χ0) is 9.97. The molecular weight excluding hydrogens is 172 g/mol. The summed E-state index contributed by atoms with van der Waals surface area (Å²) in [6, 6.07) is 0. The third kappa shape index (κ3) is 0.809. The van der Waals surface area contributed by atoms with Crippen molar-refractivity contribution >= 4 is 0 Å². The molecule has 78 valence electrons. The molecule has 0 aromatic heterocycles. The molecule has 3 aliphatic rings. The molecule has 2 fully saturated rings. The molecule has 0 radical (unpaired) electrons. The molecule has 0 amide bonds. The fourth-order valence-corrected chi connectivity index (χ4v) is 4.33. The SMILES string of the molecule is C[C@]12CCC[C@](C)(C1O)[C@@H]1C=C[C@H]2C1. The molecule has 0 aromatic rings. The van der Waals surface area contributed by atoms with Crippen molar-refractivity contribution in [3.8, 4) is 0 Å². The van der Waals surface area contributed by atoms with E-state index in [1.165, 1.54) is 25.7 Å². The van der Waals surface area contributed by atoms with E-state index in [1.54, 1.807) is 0 Å². The average molecular weight is 192 g/mol. The topological polar surface area (TPSA) is 20.2 Å². The van der Waals surface area contributed by atoms with Gasteiger partial charge in [0, 0.05) is 10.8 Å². The summed E-state index contributed by atoms with van der Waals surface area (Å²) in [4.78, 5) is 0.